The smallest absolute Gasteiger partial charge is 0.226 e. The van der Waals surface area contributed by atoms with E-state index in [4.69, 9.17) is 16.7 Å². The number of aliphatic hydroxyl groups excluding tert-OH is 1. The monoisotopic (exact) mass is 454 g/mol. The molecule has 4 aromatic rings. The normalized spacial score (nSPS) is 15.9. The Kier molecular flexibility index (Phi) is 5.53. The summed E-state index contributed by atoms with van der Waals surface area (Å²) in [7, 11) is 0. The van der Waals surface area contributed by atoms with E-state index in [1.165, 1.54) is 6.07 Å². The first-order valence-corrected chi connectivity index (χ1v) is 10.9. The molecule has 0 fully saturated rings. The molecule has 0 radical (unpaired) electrons. The molecule has 1 aliphatic heterocycles. The number of aliphatic hydroxyl groups is 1. The number of aryl methyl sites for hydroxylation is 1. The zero-order valence-corrected chi connectivity index (χ0v) is 17.9. The van der Waals surface area contributed by atoms with Crippen LogP contribution in [0.1, 0.15) is 34.8 Å². The van der Waals surface area contributed by atoms with E-state index in [0.29, 0.717) is 30.9 Å². The van der Waals surface area contributed by atoms with Crippen molar-refractivity contribution < 1.29 is 13.9 Å². The molecule has 3 heterocycles. The highest BCUT2D eigenvalue weighted by Gasteiger charge is 2.33. The van der Waals surface area contributed by atoms with Crippen molar-refractivity contribution in [2.24, 2.45) is 0 Å². The van der Waals surface area contributed by atoms with Crippen LogP contribution >= 0.6 is 11.6 Å². The molecule has 0 spiro atoms. The van der Waals surface area contributed by atoms with Crippen molar-refractivity contribution in [3.8, 4) is 0 Å². The maximum atomic E-state index is 14.1. The van der Waals surface area contributed by atoms with E-state index in [-0.39, 0.29) is 17.7 Å². The number of anilines is 1. The Hall–Kier alpha value is -3.03. The van der Waals surface area contributed by atoms with Gasteiger partial charge in [0.25, 0.3) is 0 Å². The summed E-state index contributed by atoms with van der Waals surface area (Å²) in [5, 5.41) is 10.1. The second-order valence-electron chi connectivity index (χ2n) is 7.95. The van der Waals surface area contributed by atoms with Gasteiger partial charge in [-0.3, -0.25) is 0 Å². The quantitative estimate of drug-likeness (QED) is 0.447. The Morgan fingerprint density at radius 2 is 1.88 bits per heavy atom. The van der Waals surface area contributed by atoms with E-state index in [0.717, 1.165) is 46.6 Å². The molecule has 2 aromatic heterocycles. The van der Waals surface area contributed by atoms with Gasteiger partial charge < -0.3 is 15.0 Å². The summed E-state index contributed by atoms with van der Waals surface area (Å²) < 4.78 is 27.6. The fourth-order valence-corrected chi connectivity index (χ4v) is 4.61. The number of fused-ring (bicyclic) bond motifs is 3. The second kappa shape index (κ2) is 8.48. The Bertz CT molecular complexity index is 1260. The summed E-state index contributed by atoms with van der Waals surface area (Å²) in [5.74, 6) is -0.539. The largest absolute Gasteiger partial charge is 0.396 e. The van der Waals surface area contributed by atoms with Gasteiger partial charge in [-0.2, -0.15) is 0 Å². The molecule has 0 bridgehead atoms. The second-order valence-corrected chi connectivity index (χ2v) is 8.35. The number of H-pyrrole nitrogens is 1. The van der Waals surface area contributed by atoms with Crippen LogP contribution in [-0.2, 0) is 12.8 Å². The number of aromatic nitrogens is 3. The van der Waals surface area contributed by atoms with Crippen LogP contribution in [0.25, 0.3) is 10.9 Å². The number of halogens is 3. The number of rotatable bonds is 5. The van der Waals surface area contributed by atoms with Crippen LogP contribution in [-0.4, -0.2) is 33.2 Å². The topological polar surface area (TPSA) is 65.0 Å². The lowest BCUT2D eigenvalue weighted by molar-refractivity contribution is 0.288. The van der Waals surface area contributed by atoms with Crippen LogP contribution in [0.5, 0.6) is 0 Å². The minimum absolute atomic E-state index is 0.0911. The van der Waals surface area contributed by atoms with Crippen LogP contribution < -0.4 is 4.90 Å². The van der Waals surface area contributed by atoms with Gasteiger partial charge in [0.05, 0.1) is 23.5 Å². The number of hydrogen-bond donors (Lipinski definition) is 2. The van der Waals surface area contributed by atoms with Crippen LogP contribution in [0.3, 0.4) is 0 Å². The molecule has 0 saturated carbocycles. The van der Waals surface area contributed by atoms with Crippen LogP contribution in [0.2, 0.25) is 5.02 Å². The Morgan fingerprint density at radius 1 is 1.12 bits per heavy atom. The van der Waals surface area contributed by atoms with Crippen molar-refractivity contribution in [1.29, 1.82) is 0 Å². The van der Waals surface area contributed by atoms with Gasteiger partial charge in [0, 0.05) is 29.7 Å². The molecular weight excluding hydrogens is 434 g/mol. The van der Waals surface area contributed by atoms with E-state index >= 15 is 0 Å². The molecule has 0 saturated heterocycles. The molecule has 0 aliphatic carbocycles. The first-order chi connectivity index (χ1) is 15.5. The summed E-state index contributed by atoms with van der Waals surface area (Å²) in [6.45, 7) is 0.759. The molecule has 2 aromatic carbocycles. The molecule has 164 valence electrons. The maximum Gasteiger partial charge on any atom is 0.226 e. The van der Waals surface area contributed by atoms with Crippen molar-refractivity contribution in [2.75, 3.05) is 18.1 Å². The Balaban J connectivity index is 1.63. The highest BCUT2D eigenvalue weighted by atomic mass is 35.5. The molecule has 32 heavy (non-hydrogen) atoms. The lowest BCUT2D eigenvalue weighted by atomic mass is 9.92. The number of benzene rings is 2. The zero-order chi connectivity index (χ0) is 22.2. The van der Waals surface area contributed by atoms with Crippen molar-refractivity contribution in [3.63, 3.8) is 0 Å². The molecule has 5 rings (SSSR count). The van der Waals surface area contributed by atoms with Crippen LogP contribution in [0.4, 0.5) is 14.7 Å². The van der Waals surface area contributed by atoms with E-state index < -0.39 is 11.6 Å². The summed E-state index contributed by atoms with van der Waals surface area (Å²) in [4.78, 5) is 13.8. The minimum Gasteiger partial charge on any atom is -0.396 e. The Morgan fingerprint density at radius 3 is 2.59 bits per heavy atom. The highest BCUT2D eigenvalue weighted by molar-refractivity contribution is 6.31. The number of hydrogen-bond acceptors (Lipinski definition) is 4. The summed E-state index contributed by atoms with van der Waals surface area (Å²) >= 11 is 6.07. The molecule has 1 atom stereocenters. The average molecular weight is 455 g/mol. The predicted molar refractivity (Wildman–Crippen MR) is 120 cm³/mol. The van der Waals surface area contributed by atoms with E-state index in [2.05, 4.69) is 15.0 Å². The molecule has 2 N–H and O–H groups in total. The van der Waals surface area contributed by atoms with Gasteiger partial charge in [0.1, 0.15) is 5.82 Å². The third-order valence-electron chi connectivity index (χ3n) is 5.95. The zero-order valence-electron chi connectivity index (χ0n) is 17.2. The number of nitrogens with zero attached hydrogens (tertiary/aromatic N) is 3. The molecule has 1 unspecified atom stereocenters. The van der Waals surface area contributed by atoms with Gasteiger partial charge in [-0.15, -0.1) is 0 Å². The van der Waals surface area contributed by atoms with Gasteiger partial charge in [0.15, 0.2) is 5.82 Å². The van der Waals surface area contributed by atoms with Gasteiger partial charge in [-0.25, -0.2) is 18.7 Å². The van der Waals surface area contributed by atoms with E-state index in [9.17, 15) is 8.78 Å². The van der Waals surface area contributed by atoms with Crippen molar-refractivity contribution in [2.45, 2.75) is 25.3 Å². The highest BCUT2D eigenvalue weighted by Crippen LogP contribution is 2.40. The summed E-state index contributed by atoms with van der Waals surface area (Å²) in [5.41, 5.74) is 4.82. The molecule has 1 aliphatic rings. The molecular formula is C24H21ClF2N4O. The van der Waals surface area contributed by atoms with Gasteiger partial charge in [-0.1, -0.05) is 35.9 Å². The molecule has 5 nitrogen and oxygen atoms in total. The first-order valence-electron chi connectivity index (χ1n) is 10.5. The maximum absolute atomic E-state index is 14.1. The SMILES string of the molecule is OCCCc1ccc(C2c3[nH]c4cc(F)c(Cl)cc4c3CCN2c2ncc(F)cn2)cc1. The standard InChI is InChI=1S/C24H21ClF2N4O/c25-19-10-18-17-7-8-31(24-28-12-16(26)13-29-24)23(22(17)30-21(18)11-20(19)27)15-5-3-14(4-6-15)2-1-9-32/h3-6,10-13,23,30,32H,1-2,7-9H2. The number of aromatic amines is 1. The van der Waals surface area contributed by atoms with Crippen molar-refractivity contribution >= 4 is 28.5 Å². The summed E-state index contributed by atoms with van der Waals surface area (Å²) in [6, 6.07) is 11.0. The summed E-state index contributed by atoms with van der Waals surface area (Å²) in [6.07, 6.45) is 4.50. The fraction of sp³-hybridized carbons (Fsp3) is 0.250. The van der Waals surface area contributed by atoms with Gasteiger partial charge in [-0.05, 0) is 48.1 Å². The first kappa shape index (κ1) is 20.8. The lowest BCUT2D eigenvalue weighted by Crippen LogP contribution is -2.37. The van der Waals surface area contributed by atoms with Crippen LogP contribution in [0.15, 0.2) is 48.8 Å². The predicted octanol–water partition coefficient (Wildman–Crippen LogP) is 4.97. The third-order valence-corrected chi connectivity index (χ3v) is 6.24. The Labute approximate surface area is 188 Å². The fourth-order valence-electron chi connectivity index (χ4n) is 4.45. The third kappa shape index (κ3) is 3.72. The van der Waals surface area contributed by atoms with Crippen molar-refractivity contribution in [1.82, 2.24) is 15.0 Å². The van der Waals surface area contributed by atoms with E-state index in [1.807, 2.05) is 29.2 Å². The van der Waals surface area contributed by atoms with Crippen molar-refractivity contribution in [3.05, 3.63) is 87.8 Å². The van der Waals surface area contributed by atoms with Gasteiger partial charge >= 0.3 is 0 Å². The number of nitrogens with one attached hydrogen (secondary N) is 1. The molecule has 8 heteroatoms. The van der Waals surface area contributed by atoms with Crippen LogP contribution in [0, 0.1) is 11.6 Å². The van der Waals surface area contributed by atoms with Gasteiger partial charge in [0.2, 0.25) is 5.95 Å². The molecule has 0 amide bonds. The van der Waals surface area contributed by atoms with E-state index in [1.54, 1.807) is 6.07 Å². The lowest BCUT2D eigenvalue weighted by Gasteiger charge is -2.36. The minimum atomic E-state index is -0.494. The average Bonchev–Trinajstić information content (AvgIpc) is 3.15.